The fourth-order valence-electron chi connectivity index (χ4n) is 2.91. The molecule has 0 fully saturated rings. The third kappa shape index (κ3) is 2.35. The first-order valence-corrected chi connectivity index (χ1v) is 7.14. The molecule has 5 N–H and O–H groups in total. The highest BCUT2D eigenvalue weighted by molar-refractivity contribution is 6.03. The van der Waals surface area contributed by atoms with Gasteiger partial charge in [0.15, 0.2) is 5.72 Å². The highest BCUT2D eigenvalue weighted by Gasteiger charge is 2.46. The molecule has 2 aliphatic rings. The lowest BCUT2D eigenvalue weighted by Gasteiger charge is -2.35. The van der Waals surface area contributed by atoms with Crippen LogP contribution < -0.4 is 11.1 Å². The number of hydrogen-bond acceptors (Lipinski definition) is 5. The van der Waals surface area contributed by atoms with Crippen LogP contribution in [0.5, 0.6) is 5.75 Å². The van der Waals surface area contributed by atoms with E-state index in [2.05, 4.69) is 5.32 Å². The Labute approximate surface area is 132 Å². The maximum Gasteiger partial charge on any atom is 0.260 e. The predicted octanol–water partition coefficient (Wildman–Crippen LogP) is 0.584. The summed E-state index contributed by atoms with van der Waals surface area (Å²) in [6.45, 7) is 1.69. The molecule has 2 heterocycles. The maximum atomic E-state index is 12.7. The van der Waals surface area contributed by atoms with E-state index in [-0.39, 0.29) is 22.9 Å². The fourth-order valence-corrected chi connectivity index (χ4v) is 2.91. The monoisotopic (exact) mass is 315 g/mol. The molecule has 7 nitrogen and oxygen atoms in total. The van der Waals surface area contributed by atoms with Crippen molar-refractivity contribution in [3.05, 3.63) is 47.7 Å². The largest absolute Gasteiger partial charge is 0.505 e. The SMILES string of the molecule is Cc1ccc2c(c1O)NC(O)(C=CC(N)=O)C1CC=CN1C2=O. The van der Waals surface area contributed by atoms with E-state index in [1.54, 1.807) is 31.3 Å². The Hall–Kier alpha value is -2.80. The Morgan fingerprint density at radius 3 is 2.96 bits per heavy atom. The van der Waals surface area contributed by atoms with Crippen LogP contribution in [0.15, 0.2) is 36.6 Å². The van der Waals surface area contributed by atoms with Crippen molar-refractivity contribution in [2.45, 2.75) is 25.1 Å². The average Bonchev–Trinajstić information content (AvgIpc) is 2.97. The Morgan fingerprint density at radius 2 is 2.26 bits per heavy atom. The quantitative estimate of drug-likeness (QED) is 0.471. The molecular formula is C16H17N3O4. The molecule has 0 saturated carbocycles. The molecule has 120 valence electrons. The average molecular weight is 315 g/mol. The summed E-state index contributed by atoms with van der Waals surface area (Å²) in [5.74, 6) is -1.18. The second-order valence-corrected chi connectivity index (χ2v) is 5.69. The summed E-state index contributed by atoms with van der Waals surface area (Å²) >= 11 is 0. The molecule has 0 bridgehead atoms. The van der Waals surface area contributed by atoms with Gasteiger partial charge in [0.25, 0.3) is 5.91 Å². The predicted molar refractivity (Wildman–Crippen MR) is 83.5 cm³/mol. The number of phenolic OH excluding ortho intramolecular Hbond substituents is 1. The van der Waals surface area contributed by atoms with Gasteiger partial charge in [0.1, 0.15) is 5.75 Å². The number of hydrogen-bond donors (Lipinski definition) is 4. The van der Waals surface area contributed by atoms with Crippen molar-refractivity contribution in [1.82, 2.24) is 4.90 Å². The zero-order valence-electron chi connectivity index (χ0n) is 12.5. The van der Waals surface area contributed by atoms with E-state index >= 15 is 0 Å². The normalized spacial score (nSPS) is 25.9. The fraction of sp³-hybridized carbons (Fsp3) is 0.250. The second-order valence-electron chi connectivity index (χ2n) is 5.69. The smallest absolute Gasteiger partial charge is 0.260 e. The van der Waals surface area contributed by atoms with Gasteiger partial charge in [-0.3, -0.25) is 9.59 Å². The highest BCUT2D eigenvalue weighted by atomic mass is 16.3. The molecule has 2 aliphatic heterocycles. The number of primary amides is 1. The number of fused-ring (bicyclic) bond motifs is 2. The molecule has 2 amide bonds. The lowest BCUT2D eigenvalue weighted by Crippen LogP contribution is -2.52. The summed E-state index contributed by atoms with van der Waals surface area (Å²) in [6, 6.07) is 2.57. The number of aryl methyl sites for hydroxylation is 1. The van der Waals surface area contributed by atoms with Crippen LogP contribution in [-0.2, 0) is 4.79 Å². The zero-order chi connectivity index (χ0) is 16.8. The number of anilines is 1. The van der Waals surface area contributed by atoms with Gasteiger partial charge in [0.2, 0.25) is 5.91 Å². The molecule has 7 heteroatoms. The van der Waals surface area contributed by atoms with Crippen LogP contribution in [0.4, 0.5) is 5.69 Å². The molecule has 0 spiro atoms. The first-order valence-electron chi connectivity index (χ1n) is 7.14. The van der Waals surface area contributed by atoms with E-state index in [0.29, 0.717) is 12.0 Å². The van der Waals surface area contributed by atoms with Gasteiger partial charge in [-0.1, -0.05) is 12.1 Å². The van der Waals surface area contributed by atoms with Gasteiger partial charge in [-0.05, 0) is 31.1 Å². The number of nitrogens with one attached hydrogen (secondary N) is 1. The molecule has 2 unspecified atom stereocenters. The van der Waals surface area contributed by atoms with E-state index in [9.17, 15) is 19.8 Å². The Kier molecular flexibility index (Phi) is 3.37. The van der Waals surface area contributed by atoms with Crippen molar-refractivity contribution in [3.8, 4) is 5.75 Å². The van der Waals surface area contributed by atoms with Crippen molar-refractivity contribution in [3.63, 3.8) is 0 Å². The molecule has 0 aliphatic carbocycles. The van der Waals surface area contributed by atoms with Crippen molar-refractivity contribution < 1.29 is 19.8 Å². The van der Waals surface area contributed by atoms with Crippen LogP contribution in [0.3, 0.4) is 0 Å². The molecule has 3 rings (SSSR count). The minimum absolute atomic E-state index is 0.119. The minimum atomic E-state index is -1.75. The molecule has 1 aromatic carbocycles. The summed E-state index contributed by atoms with van der Waals surface area (Å²) in [7, 11) is 0. The number of rotatable bonds is 2. The number of phenols is 1. The topological polar surface area (TPSA) is 116 Å². The van der Waals surface area contributed by atoms with Crippen molar-refractivity contribution in [1.29, 1.82) is 0 Å². The molecule has 0 radical (unpaired) electrons. The van der Waals surface area contributed by atoms with Gasteiger partial charge in [0, 0.05) is 12.3 Å². The number of aromatic hydroxyl groups is 1. The third-order valence-corrected chi connectivity index (χ3v) is 4.14. The van der Waals surface area contributed by atoms with Crippen LogP contribution >= 0.6 is 0 Å². The molecule has 23 heavy (non-hydrogen) atoms. The number of amides is 2. The number of nitrogens with two attached hydrogens (primary N) is 1. The molecule has 2 atom stereocenters. The first kappa shape index (κ1) is 15.1. The second kappa shape index (κ2) is 5.13. The minimum Gasteiger partial charge on any atom is -0.505 e. The summed E-state index contributed by atoms with van der Waals surface area (Å²) in [5.41, 5.74) is 4.30. The molecular weight excluding hydrogens is 298 g/mol. The van der Waals surface area contributed by atoms with Crippen molar-refractivity contribution in [2.24, 2.45) is 5.73 Å². The Balaban J connectivity index is 2.18. The van der Waals surface area contributed by atoms with E-state index in [4.69, 9.17) is 5.73 Å². The summed E-state index contributed by atoms with van der Waals surface area (Å²) in [5, 5.41) is 24.1. The molecule has 0 aromatic heterocycles. The van der Waals surface area contributed by atoms with Gasteiger partial charge in [-0.2, -0.15) is 0 Å². The van der Waals surface area contributed by atoms with Crippen molar-refractivity contribution >= 4 is 17.5 Å². The van der Waals surface area contributed by atoms with E-state index in [1.807, 2.05) is 0 Å². The van der Waals surface area contributed by atoms with Crippen molar-refractivity contribution in [2.75, 3.05) is 5.32 Å². The van der Waals surface area contributed by atoms with Crippen LogP contribution in [0, 0.1) is 6.92 Å². The zero-order valence-corrected chi connectivity index (χ0v) is 12.5. The van der Waals surface area contributed by atoms with Gasteiger partial charge in [-0.15, -0.1) is 0 Å². The molecule has 0 saturated heterocycles. The van der Waals surface area contributed by atoms with Gasteiger partial charge < -0.3 is 26.2 Å². The standard InChI is InChI=1S/C16H17N3O4/c1-9-4-5-10-13(14(9)21)18-16(23,7-6-12(17)20)11-3-2-8-19(11)15(10)22/h2,4-8,11,18,21,23H,3H2,1H3,(H2,17,20). The van der Waals surface area contributed by atoms with Crippen LogP contribution in [0.25, 0.3) is 0 Å². The van der Waals surface area contributed by atoms with Gasteiger partial charge in [-0.25, -0.2) is 0 Å². The summed E-state index contributed by atoms with van der Waals surface area (Å²) < 4.78 is 0. The first-order chi connectivity index (χ1) is 10.8. The maximum absolute atomic E-state index is 12.7. The number of nitrogens with zero attached hydrogens (tertiary/aromatic N) is 1. The summed E-state index contributed by atoms with van der Waals surface area (Å²) in [6.07, 6.45) is 5.98. The lowest BCUT2D eigenvalue weighted by atomic mass is 10.00. The molecule has 1 aromatic rings. The van der Waals surface area contributed by atoms with Crippen LogP contribution in [0.1, 0.15) is 22.3 Å². The number of benzene rings is 1. The van der Waals surface area contributed by atoms with E-state index in [1.165, 1.54) is 11.0 Å². The Bertz CT molecular complexity index is 756. The number of aliphatic hydroxyl groups is 1. The van der Waals surface area contributed by atoms with E-state index in [0.717, 1.165) is 6.08 Å². The number of carbonyl (C=O) groups is 2. The van der Waals surface area contributed by atoms with Crippen LogP contribution in [-0.4, -0.2) is 38.7 Å². The third-order valence-electron chi connectivity index (χ3n) is 4.14. The van der Waals surface area contributed by atoms with Crippen LogP contribution in [0.2, 0.25) is 0 Å². The lowest BCUT2D eigenvalue weighted by molar-refractivity contribution is -0.113. The highest BCUT2D eigenvalue weighted by Crippen LogP contribution is 2.40. The number of carbonyl (C=O) groups excluding carboxylic acids is 2. The van der Waals surface area contributed by atoms with E-state index < -0.39 is 17.7 Å². The van der Waals surface area contributed by atoms with Gasteiger partial charge >= 0.3 is 0 Å². The van der Waals surface area contributed by atoms with Gasteiger partial charge in [0.05, 0.1) is 17.3 Å². The summed E-state index contributed by atoms with van der Waals surface area (Å²) in [4.78, 5) is 25.1. The Morgan fingerprint density at radius 1 is 1.52 bits per heavy atom.